The minimum absolute atomic E-state index is 0.0447. The molecule has 3 rings (SSSR count). The molecule has 0 aliphatic heterocycles. The molecule has 0 aliphatic carbocycles. The fraction of sp³-hybridized carbons (Fsp3) is 0.100. The number of rotatable bonds is 7. The number of carbonyl (C=O) groups excluding carboxylic acids is 1. The molecule has 0 spiro atoms. The standard InChI is InChI=1S/C20H16N8OS/c21-11-15(13-7-3-1-4-8-13)17(24-25-19-26-27-20(30)28(19)23)18(29)16(12-22)14-9-5-2-6-10-14/h1-10,15-16H,23H2,(H,25,26)(H,27,30)/b24-17+/t15-,16-/m1/s1. The van der Waals surface area contributed by atoms with Crippen LogP contribution in [0.2, 0.25) is 0 Å². The zero-order valence-electron chi connectivity index (χ0n) is 15.6. The third-order valence-corrected chi connectivity index (χ3v) is 4.58. The van der Waals surface area contributed by atoms with Gasteiger partial charge >= 0.3 is 0 Å². The summed E-state index contributed by atoms with van der Waals surface area (Å²) in [6.07, 6.45) is 0. The Kier molecular flexibility index (Phi) is 6.33. The number of carbonyl (C=O) groups is 1. The maximum atomic E-state index is 13.3. The predicted molar refractivity (Wildman–Crippen MR) is 113 cm³/mol. The quantitative estimate of drug-likeness (QED) is 0.232. The van der Waals surface area contributed by atoms with Crippen molar-refractivity contribution in [2.45, 2.75) is 11.8 Å². The SMILES string of the molecule is N#C[C@@H](C(=O)/C(=N/Nc1n[nH]c(=S)n1N)[C@H](C#N)c1ccccc1)c1ccccc1. The molecule has 2 atom stereocenters. The van der Waals surface area contributed by atoms with Crippen LogP contribution in [0.5, 0.6) is 0 Å². The van der Waals surface area contributed by atoms with Gasteiger partial charge < -0.3 is 5.84 Å². The number of hydrogen-bond donors (Lipinski definition) is 3. The number of ketones is 1. The molecule has 4 N–H and O–H groups in total. The van der Waals surface area contributed by atoms with Gasteiger partial charge in [0.2, 0.25) is 10.6 Å². The van der Waals surface area contributed by atoms with Gasteiger partial charge in [0.15, 0.2) is 0 Å². The van der Waals surface area contributed by atoms with Gasteiger partial charge in [-0.05, 0) is 23.3 Å². The molecule has 1 heterocycles. The average Bonchev–Trinajstić information content (AvgIpc) is 3.10. The van der Waals surface area contributed by atoms with E-state index in [2.05, 4.69) is 26.8 Å². The molecule has 3 aromatic rings. The first-order chi connectivity index (χ1) is 14.6. The van der Waals surface area contributed by atoms with E-state index in [1.54, 1.807) is 60.7 Å². The van der Waals surface area contributed by atoms with E-state index in [-0.39, 0.29) is 16.4 Å². The van der Waals surface area contributed by atoms with Crippen molar-refractivity contribution in [1.82, 2.24) is 14.9 Å². The van der Waals surface area contributed by atoms with Crippen LogP contribution in [0.4, 0.5) is 5.95 Å². The minimum Gasteiger partial charge on any atom is -0.334 e. The van der Waals surface area contributed by atoms with Crippen molar-refractivity contribution in [2.75, 3.05) is 11.3 Å². The van der Waals surface area contributed by atoms with E-state index in [0.29, 0.717) is 11.1 Å². The van der Waals surface area contributed by atoms with Crippen LogP contribution in [0.25, 0.3) is 0 Å². The van der Waals surface area contributed by atoms with Gasteiger partial charge in [-0.25, -0.2) is 10.5 Å². The Bertz CT molecular complexity index is 1200. The Balaban J connectivity index is 2.06. The number of benzene rings is 2. The van der Waals surface area contributed by atoms with Crippen molar-refractivity contribution in [3.05, 3.63) is 76.6 Å². The molecule has 9 nitrogen and oxygen atoms in total. The number of nitriles is 2. The number of anilines is 1. The van der Waals surface area contributed by atoms with Crippen molar-refractivity contribution in [2.24, 2.45) is 5.10 Å². The molecular weight excluding hydrogens is 400 g/mol. The fourth-order valence-corrected chi connectivity index (χ4v) is 2.90. The Hall–Kier alpha value is -4.28. The third kappa shape index (κ3) is 4.24. The van der Waals surface area contributed by atoms with E-state index in [4.69, 9.17) is 18.1 Å². The highest BCUT2D eigenvalue weighted by Gasteiger charge is 2.32. The molecule has 2 aromatic carbocycles. The zero-order chi connectivity index (χ0) is 21.5. The highest BCUT2D eigenvalue weighted by Crippen LogP contribution is 2.24. The van der Waals surface area contributed by atoms with Gasteiger partial charge in [0.05, 0.1) is 12.1 Å². The predicted octanol–water partition coefficient (Wildman–Crippen LogP) is 2.61. The molecule has 10 heteroatoms. The zero-order valence-corrected chi connectivity index (χ0v) is 16.4. The van der Waals surface area contributed by atoms with Crippen molar-refractivity contribution in [3.63, 3.8) is 0 Å². The van der Waals surface area contributed by atoms with Crippen LogP contribution in [-0.2, 0) is 4.79 Å². The normalized spacial score (nSPS) is 12.9. The van der Waals surface area contributed by atoms with Gasteiger partial charge in [-0.2, -0.15) is 20.3 Å². The second kappa shape index (κ2) is 9.28. The summed E-state index contributed by atoms with van der Waals surface area (Å²) in [4.78, 5) is 13.3. The lowest BCUT2D eigenvalue weighted by Crippen LogP contribution is -2.28. The highest BCUT2D eigenvalue weighted by atomic mass is 32.1. The third-order valence-electron chi connectivity index (χ3n) is 4.29. The molecule has 0 amide bonds. The van der Waals surface area contributed by atoms with Crippen molar-refractivity contribution < 1.29 is 4.79 Å². The van der Waals surface area contributed by atoms with E-state index in [1.165, 1.54) is 0 Å². The lowest BCUT2D eigenvalue weighted by Gasteiger charge is -2.15. The van der Waals surface area contributed by atoms with Crippen LogP contribution in [0.1, 0.15) is 23.0 Å². The summed E-state index contributed by atoms with van der Waals surface area (Å²) in [6.45, 7) is 0. The molecule has 0 fully saturated rings. The van der Waals surface area contributed by atoms with Crippen LogP contribution in [-0.4, -0.2) is 26.4 Å². The van der Waals surface area contributed by atoms with E-state index >= 15 is 0 Å². The number of hydrazone groups is 1. The maximum Gasteiger partial charge on any atom is 0.262 e. The number of nitrogens with zero attached hydrogens (tertiary/aromatic N) is 5. The smallest absolute Gasteiger partial charge is 0.262 e. The summed E-state index contributed by atoms with van der Waals surface area (Å²) in [5, 5.41) is 30.0. The van der Waals surface area contributed by atoms with Crippen molar-refractivity contribution in [3.8, 4) is 12.1 Å². The number of nitrogen functional groups attached to an aromatic ring is 1. The Labute approximate surface area is 177 Å². The Morgan fingerprint density at radius 2 is 1.60 bits per heavy atom. The Morgan fingerprint density at radius 1 is 1.07 bits per heavy atom. The van der Waals surface area contributed by atoms with Gasteiger partial charge in [-0.1, -0.05) is 60.7 Å². The van der Waals surface area contributed by atoms with Crippen molar-refractivity contribution >= 4 is 29.7 Å². The summed E-state index contributed by atoms with van der Waals surface area (Å²) < 4.78 is 1.17. The van der Waals surface area contributed by atoms with Crippen LogP contribution < -0.4 is 11.3 Å². The molecular formula is C20H16N8OS. The van der Waals surface area contributed by atoms with Crippen LogP contribution in [0.15, 0.2) is 65.8 Å². The first kappa shape index (κ1) is 20.5. The number of Topliss-reactive ketones (excluding diaryl/α,β-unsaturated/α-hetero) is 1. The summed E-state index contributed by atoms with van der Waals surface area (Å²) in [5.74, 6) is 3.03. The second-order valence-corrected chi connectivity index (χ2v) is 6.53. The first-order valence-electron chi connectivity index (χ1n) is 8.76. The number of aromatic amines is 1. The summed E-state index contributed by atoms with van der Waals surface area (Å²) >= 11 is 4.95. The Morgan fingerprint density at radius 3 is 2.07 bits per heavy atom. The molecule has 0 unspecified atom stereocenters. The summed E-state index contributed by atoms with van der Waals surface area (Å²) in [5.41, 5.74) is 3.48. The van der Waals surface area contributed by atoms with E-state index in [0.717, 1.165) is 4.68 Å². The molecule has 0 saturated heterocycles. The summed E-state index contributed by atoms with van der Waals surface area (Å²) in [6, 6.07) is 21.4. The molecule has 148 valence electrons. The molecule has 0 aliphatic rings. The average molecular weight is 416 g/mol. The second-order valence-electron chi connectivity index (χ2n) is 6.14. The molecule has 30 heavy (non-hydrogen) atoms. The molecule has 0 bridgehead atoms. The molecule has 1 aromatic heterocycles. The van der Waals surface area contributed by atoms with Crippen molar-refractivity contribution in [1.29, 1.82) is 10.5 Å². The van der Waals surface area contributed by atoms with Crippen LogP contribution >= 0.6 is 12.2 Å². The largest absolute Gasteiger partial charge is 0.334 e. The monoisotopic (exact) mass is 416 g/mol. The van der Waals surface area contributed by atoms with E-state index in [1.807, 2.05) is 6.07 Å². The van der Waals surface area contributed by atoms with E-state index < -0.39 is 17.6 Å². The van der Waals surface area contributed by atoms with E-state index in [9.17, 15) is 15.3 Å². The number of aromatic nitrogens is 3. The number of hydrogen-bond acceptors (Lipinski definition) is 8. The number of nitrogens with two attached hydrogens (primary N) is 1. The maximum absolute atomic E-state index is 13.3. The molecule has 0 saturated carbocycles. The van der Waals surface area contributed by atoms with Gasteiger partial charge in [0, 0.05) is 0 Å². The van der Waals surface area contributed by atoms with Gasteiger partial charge in [0.25, 0.3) is 5.95 Å². The first-order valence-corrected chi connectivity index (χ1v) is 9.17. The molecule has 0 radical (unpaired) electrons. The van der Waals surface area contributed by atoms with Crippen LogP contribution in [0, 0.1) is 27.4 Å². The number of nitrogens with one attached hydrogen (secondary N) is 2. The van der Waals surface area contributed by atoms with Gasteiger partial charge in [0.1, 0.15) is 17.5 Å². The van der Waals surface area contributed by atoms with Gasteiger partial charge in [-0.3, -0.25) is 4.79 Å². The fourth-order valence-electron chi connectivity index (χ4n) is 2.77. The minimum atomic E-state index is -1.13. The lowest BCUT2D eigenvalue weighted by atomic mass is 9.86. The topological polar surface area (TPSA) is 149 Å². The summed E-state index contributed by atoms with van der Waals surface area (Å²) in [7, 11) is 0. The van der Waals surface area contributed by atoms with Crippen LogP contribution in [0.3, 0.4) is 0 Å². The number of H-pyrrole nitrogens is 1. The lowest BCUT2D eigenvalue weighted by molar-refractivity contribution is -0.113. The van der Waals surface area contributed by atoms with Gasteiger partial charge in [-0.15, -0.1) is 5.10 Å². The highest BCUT2D eigenvalue weighted by molar-refractivity contribution is 7.71.